The van der Waals surface area contributed by atoms with Gasteiger partial charge in [0.2, 0.25) is 5.91 Å². The highest BCUT2D eigenvalue weighted by atomic mass is 32.2. The first kappa shape index (κ1) is 21.9. The third kappa shape index (κ3) is 3.83. The lowest BCUT2D eigenvalue weighted by molar-refractivity contribution is -0.891. The fourth-order valence-corrected chi connectivity index (χ4v) is 7.08. The summed E-state index contributed by atoms with van der Waals surface area (Å²) in [6.07, 6.45) is 7.40. The molecule has 4 heterocycles. The zero-order valence-electron chi connectivity index (χ0n) is 18.1. The van der Waals surface area contributed by atoms with Crippen molar-refractivity contribution in [2.45, 2.75) is 56.5 Å². The van der Waals surface area contributed by atoms with Crippen LogP contribution in [0.15, 0.2) is 22.8 Å². The van der Waals surface area contributed by atoms with Gasteiger partial charge in [0.1, 0.15) is 5.70 Å². The third-order valence-corrected chi connectivity index (χ3v) is 8.80. The number of quaternary nitrogens is 1. The molecule has 3 fully saturated rings. The molecular weight excluding hydrogens is 402 g/mol. The van der Waals surface area contributed by atoms with Gasteiger partial charge in [-0.25, -0.2) is 4.79 Å². The number of aliphatic hydroxyl groups is 1. The number of likely N-dealkylation sites (tertiary alicyclic amines) is 1. The predicted octanol–water partition coefficient (Wildman–Crippen LogP) is 1.40. The van der Waals surface area contributed by atoms with Crippen LogP contribution in [0, 0.1) is 11.8 Å². The van der Waals surface area contributed by atoms with Crippen molar-refractivity contribution in [1.82, 2.24) is 10.2 Å². The van der Waals surface area contributed by atoms with E-state index in [9.17, 15) is 19.8 Å². The maximum atomic E-state index is 12.5. The molecule has 0 saturated carbocycles. The second-order valence-corrected chi connectivity index (χ2v) is 11.0. The summed E-state index contributed by atoms with van der Waals surface area (Å²) in [5, 5.41) is 23.6. The summed E-state index contributed by atoms with van der Waals surface area (Å²) < 4.78 is 1.13. The summed E-state index contributed by atoms with van der Waals surface area (Å²) in [6.45, 7) is 8.01. The van der Waals surface area contributed by atoms with E-state index in [0.717, 1.165) is 28.9 Å². The molecule has 0 aromatic rings. The van der Waals surface area contributed by atoms with Crippen molar-refractivity contribution >= 4 is 23.6 Å². The number of aliphatic carboxylic acids is 1. The molecule has 6 atom stereocenters. The number of carboxylic acids is 1. The van der Waals surface area contributed by atoms with Gasteiger partial charge in [-0.1, -0.05) is 13.0 Å². The van der Waals surface area contributed by atoms with Gasteiger partial charge in [-0.05, 0) is 19.4 Å². The number of likely N-dealkylation sites (N-methyl/N-ethyl adjacent to an activating group) is 1. The Morgan fingerprint density at radius 3 is 2.73 bits per heavy atom. The first-order valence-corrected chi connectivity index (χ1v) is 12.0. The minimum Gasteiger partial charge on any atom is -0.477 e. The van der Waals surface area contributed by atoms with E-state index in [1.54, 1.807) is 18.7 Å². The molecule has 0 aromatic carbocycles. The molecule has 0 aliphatic carbocycles. The topological polar surface area (TPSA) is 89.9 Å². The minimum absolute atomic E-state index is 0.0624. The summed E-state index contributed by atoms with van der Waals surface area (Å²) in [6, 6.07) is 0.0761. The number of β-lactam (4-membered cyclic amide) rings is 1. The van der Waals surface area contributed by atoms with Crippen molar-refractivity contribution < 1.29 is 24.3 Å². The highest BCUT2D eigenvalue weighted by Crippen LogP contribution is 2.51. The average Bonchev–Trinajstić information content (AvgIpc) is 3.35. The molecule has 166 valence electrons. The fraction of sp³-hybridized carbons (Fsp3) is 0.727. The van der Waals surface area contributed by atoms with Crippen LogP contribution in [0.1, 0.15) is 33.1 Å². The van der Waals surface area contributed by atoms with Gasteiger partial charge in [0.15, 0.2) is 0 Å². The maximum Gasteiger partial charge on any atom is 0.353 e. The molecule has 4 aliphatic heterocycles. The Morgan fingerprint density at radius 2 is 2.10 bits per heavy atom. The second-order valence-electron chi connectivity index (χ2n) is 9.65. The van der Waals surface area contributed by atoms with Crippen molar-refractivity contribution in [3.63, 3.8) is 0 Å². The number of carboxylic acid groups (broad SMARTS) is 1. The van der Waals surface area contributed by atoms with E-state index in [4.69, 9.17) is 0 Å². The SMILES string of the molecule is C[C@@H](O)[C@H]1C(=O)N2C(C(=O)O)=C(S[C@@H]3CN[C@H](/C=C\C[N+]4(C)CCCC4)C3)[C@H](C)[C@H]12. The smallest absolute Gasteiger partial charge is 0.353 e. The van der Waals surface area contributed by atoms with Crippen LogP contribution in [0.2, 0.25) is 0 Å². The normalized spacial score (nSPS) is 36.5. The van der Waals surface area contributed by atoms with Gasteiger partial charge in [-0.2, -0.15) is 0 Å². The van der Waals surface area contributed by atoms with E-state index in [1.807, 2.05) is 6.92 Å². The summed E-state index contributed by atoms with van der Waals surface area (Å²) in [5.41, 5.74) is 0.129. The lowest BCUT2D eigenvalue weighted by atomic mass is 9.79. The summed E-state index contributed by atoms with van der Waals surface area (Å²) in [7, 11) is 2.32. The van der Waals surface area contributed by atoms with E-state index in [0.29, 0.717) is 6.04 Å². The minimum atomic E-state index is -1.05. The van der Waals surface area contributed by atoms with Gasteiger partial charge >= 0.3 is 5.97 Å². The van der Waals surface area contributed by atoms with Crippen LogP contribution in [-0.2, 0) is 9.59 Å². The number of carbonyl (C=O) groups excluding carboxylic acids is 1. The van der Waals surface area contributed by atoms with Gasteiger partial charge in [-0.3, -0.25) is 4.79 Å². The van der Waals surface area contributed by atoms with E-state index < -0.39 is 18.0 Å². The summed E-state index contributed by atoms with van der Waals surface area (Å²) in [4.78, 5) is 26.6. The Bertz CT molecular complexity index is 774. The van der Waals surface area contributed by atoms with Gasteiger partial charge in [0.05, 0.1) is 44.7 Å². The van der Waals surface area contributed by atoms with Crippen LogP contribution < -0.4 is 5.32 Å². The van der Waals surface area contributed by atoms with Gasteiger partial charge in [0, 0.05) is 41.5 Å². The molecule has 1 amide bonds. The molecule has 0 bridgehead atoms. The predicted molar refractivity (Wildman–Crippen MR) is 117 cm³/mol. The number of aliphatic hydroxyl groups excluding tert-OH is 1. The summed E-state index contributed by atoms with van der Waals surface area (Å²) in [5.74, 6) is -1.87. The Balaban J connectivity index is 1.39. The highest BCUT2D eigenvalue weighted by molar-refractivity contribution is 8.03. The summed E-state index contributed by atoms with van der Waals surface area (Å²) >= 11 is 1.61. The molecule has 3 N–H and O–H groups in total. The van der Waals surface area contributed by atoms with Crippen molar-refractivity contribution in [2.75, 3.05) is 33.2 Å². The quantitative estimate of drug-likeness (QED) is 0.318. The number of fused-ring (bicyclic) bond motifs is 1. The molecule has 4 rings (SSSR count). The Kier molecular flexibility index (Phi) is 6.05. The van der Waals surface area contributed by atoms with Crippen LogP contribution in [-0.4, -0.2) is 88.1 Å². The maximum absolute atomic E-state index is 12.5. The molecule has 30 heavy (non-hydrogen) atoms. The monoisotopic (exact) mass is 436 g/mol. The molecule has 3 saturated heterocycles. The van der Waals surface area contributed by atoms with E-state index in [2.05, 4.69) is 24.5 Å². The molecule has 4 aliphatic rings. The molecule has 7 nitrogen and oxygen atoms in total. The van der Waals surface area contributed by atoms with Crippen LogP contribution in [0.4, 0.5) is 0 Å². The second kappa shape index (κ2) is 8.30. The molecule has 0 aromatic heterocycles. The number of carbonyl (C=O) groups is 2. The number of hydrogen-bond acceptors (Lipinski definition) is 5. The number of nitrogens with zero attached hydrogens (tertiary/aromatic N) is 2. The molecular formula is C22H34N3O4S+. The van der Waals surface area contributed by atoms with Gasteiger partial charge in [0.25, 0.3) is 0 Å². The molecule has 0 spiro atoms. The number of nitrogens with one attached hydrogen (secondary N) is 1. The van der Waals surface area contributed by atoms with Crippen molar-refractivity contribution in [2.24, 2.45) is 11.8 Å². The zero-order valence-corrected chi connectivity index (χ0v) is 18.9. The Labute approximate surface area is 182 Å². The number of thioether (sulfide) groups is 1. The Morgan fingerprint density at radius 1 is 1.40 bits per heavy atom. The highest BCUT2D eigenvalue weighted by Gasteiger charge is 2.60. The van der Waals surface area contributed by atoms with Crippen molar-refractivity contribution in [3.05, 3.63) is 22.8 Å². The van der Waals surface area contributed by atoms with E-state index in [1.165, 1.54) is 30.8 Å². The number of rotatable bonds is 7. The first-order chi connectivity index (χ1) is 14.2. The largest absolute Gasteiger partial charge is 0.477 e. The molecule has 0 radical (unpaired) electrons. The van der Waals surface area contributed by atoms with E-state index in [-0.39, 0.29) is 28.8 Å². The number of hydrogen-bond donors (Lipinski definition) is 3. The Hall–Kier alpha value is -1.35. The van der Waals surface area contributed by atoms with Crippen LogP contribution >= 0.6 is 11.8 Å². The van der Waals surface area contributed by atoms with Crippen molar-refractivity contribution in [3.8, 4) is 0 Å². The molecule has 8 heteroatoms. The van der Waals surface area contributed by atoms with Crippen LogP contribution in [0.5, 0.6) is 0 Å². The first-order valence-electron chi connectivity index (χ1n) is 11.1. The van der Waals surface area contributed by atoms with E-state index >= 15 is 0 Å². The standard InChI is InChI=1S/C22H33N3O4S/c1-13-18-17(14(2)26)21(27)24(18)19(22(28)29)20(13)30-16-11-15(23-12-16)7-6-10-25(3)8-4-5-9-25/h6-7,13-18,23,26H,4-5,8-12H2,1-3H3/p+1/b7-6-/t13-,14-,15-,16+,17-,18-/m1/s1. The zero-order chi connectivity index (χ0) is 21.6. The average molecular weight is 437 g/mol. The lowest BCUT2D eigenvalue weighted by Gasteiger charge is -2.46. The van der Waals surface area contributed by atoms with Crippen LogP contribution in [0.3, 0.4) is 0 Å². The molecule has 0 unspecified atom stereocenters. The fourth-order valence-electron chi connectivity index (χ4n) is 5.59. The third-order valence-electron chi connectivity index (χ3n) is 7.29. The lowest BCUT2D eigenvalue weighted by Crippen LogP contribution is -2.63. The number of amides is 1. The van der Waals surface area contributed by atoms with Gasteiger partial charge in [-0.15, -0.1) is 11.8 Å². The van der Waals surface area contributed by atoms with Gasteiger partial charge < -0.3 is 24.9 Å². The van der Waals surface area contributed by atoms with Crippen LogP contribution in [0.25, 0.3) is 0 Å². The van der Waals surface area contributed by atoms with Crippen molar-refractivity contribution in [1.29, 1.82) is 0 Å².